The van der Waals surface area contributed by atoms with Gasteiger partial charge in [-0.2, -0.15) is 0 Å². The molecule has 2 aromatic rings. The Morgan fingerprint density at radius 1 is 1.19 bits per heavy atom. The van der Waals surface area contributed by atoms with Gasteiger partial charge in [0.15, 0.2) is 0 Å². The number of piperidine rings is 1. The Morgan fingerprint density at radius 2 is 1.92 bits per heavy atom. The lowest BCUT2D eigenvalue weighted by Crippen LogP contribution is -2.48. The van der Waals surface area contributed by atoms with E-state index < -0.39 is 0 Å². The molecule has 1 unspecified atom stereocenters. The summed E-state index contributed by atoms with van der Waals surface area (Å²) in [6, 6.07) is 10.1. The van der Waals surface area contributed by atoms with Crippen LogP contribution >= 0.6 is 0 Å². The normalized spacial score (nSPS) is 19.7. The molecule has 3 heterocycles. The van der Waals surface area contributed by atoms with Crippen molar-refractivity contribution in [3.05, 3.63) is 53.5 Å². The zero-order valence-corrected chi connectivity index (χ0v) is 15.4. The first kappa shape index (κ1) is 17.0. The van der Waals surface area contributed by atoms with Crippen LogP contribution in [-0.4, -0.2) is 34.5 Å². The number of rotatable bonds is 3. The fourth-order valence-corrected chi connectivity index (χ4v) is 3.38. The summed E-state index contributed by atoms with van der Waals surface area (Å²) in [6.45, 7) is 6.49. The van der Waals surface area contributed by atoms with Gasteiger partial charge in [0.1, 0.15) is 17.6 Å². The number of hydrogen-bond acceptors (Lipinski definition) is 6. The average molecular weight is 351 g/mol. The number of benzene rings is 1. The van der Waals surface area contributed by atoms with E-state index in [0.717, 1.165) is 48.7 Å². The van der Waals surface area contributed by atoms with Crippen LogP contribution in [0.15, 0.2) is 41.5 Å². The highest BCUT2D eigenvalue weighted by atomic mass is 16.5. The minimum atomic E-state index is -0.0771. The van der Waals surface area contributed by atoms with Crippen molar-refractivity contribution in [2.45, 2.75) is 44.9 Å². The molecule has 0 saturated carbocycles. The number of aromatic nitrogens is 2. The zero-order valence-electron chi connectivity index (χ0n) is 15.4. The molecule has 2 aliphatic heterocycles. The van der Waals surface area contributed by atoms with Gasteiger partial charge in [-0.15, -0.1) is 0 Å². The first-order valence-corrected chi connectivity index (χ1v) is 9.18. The lowest BCUT2D eigenvalue weighted by molar-refractivity contribution is 0.213. The van der Waals surface area contributed by atoms with Crippen LogP contribution in [0.3, 0.4) is 0 Å². The first-order chi connectivity index (χ1) is 12.5. The minimum absolute atomic E-state index is 0.0711. The summed E-state index contributed by atoms with van der Waals surface area (Å²) in [6.07, 6.45) is 3.68. The van der Waals surface area contributed by atoms with Gasteiger partial charge in [-0.05, 0) is 32.3 Å². The molecule has 26 heavy (non-hydrogen) atoms. The van der Waals surface area contributed by atoms with Crippen LogP contribution < -0.4 is 10.6 Å². The minimum Gasteiger partial charge on any atom is -0.468 e. The van der Waals surface area contributed by atoms with E-state index in [-0.39, 0.29) is 11.6 Å². The van der Waals surface area contributed by atoms with E-state index in [1.54, 1.807) is 0 Å². The SMILES string of the molecule is CC(OC1=NCc2nc(N3CCC(C)(N)CC3)cnc21)c1ccccc1. The maximum Gasteiger partial charge on any atom is 0.238 e. The van der Waals surface area contributed by atoms with Gasteiger partial charge in [-0.1, -0.05) is 30.3 Å². The van der Waals surface area contributed by atoms with Crippen LogP contribution in [0.4, 0.5) is 5.82 Å². The van der Waals surface area contributed by atoms with Crippen molar-refractivity contribution < 1.29 is 4.74 Å². The van der Waals surface area contributed by atoms with Gasteiger partial charge in [-0.25, -0.2) is 15.0 Å². The quantitative estimate of drug-likeness (QED) is 0.920. The molecule has 0 spiro atoms. The van der Waals surface area contributed by atoms with Gasteiger partial charge in [0, 0.05) is 18.6 Å². The summed E-state index contributed by atoms with van der Waals surface area (Å²) in [4.78, 5) is 16.2. The van der Waals surface area contributed by atoms with Gasteiger partial charge in [0.25, 0.3) is 0 Å². The fraction of sp³-hybridized carbons (Fsp3) is 0.450. The summed E-state index contributed by atoms with van der Waals surface area (Å²) in [5.41, 5.74) is 8.92. The number of hydrogen-bond donors (Lipinski definition) is 1. The second-order valence-electron chi connectivity index (χ2n) is 7.46. The van der Waals surface area contributed by atoms with E-state index in [1.165, 1.54) is 0 Å². The molecule has 1 aromatic carbocycles. The van der Waals surface area contributed by atoms with Crippen molar-refractivity contribution >= 4 is 11.7 Å². The smallest absolute Gasteiger partial charge is 0.238 e. The summed E-state index contributed by atoms with van der Waals surface area (Å²) in [5.74, 6) is 1.50. The number of nitrogens with two attached hydrogens (primary N) is 1. The third-order valence-electron chi connectivity index (χ3n) is 5.19. The number of anilines is 1. The molecule has 1 fully saturated rings. The van der Waals surface area contributed by atoms with Crippen molar-refractivity contribution in [3.8, 4) is 0 Å². The molecule has 2 aliphatic rings. The third kappa shape index (κ3) is 3.42. The van der Waals surface area contributed by atoms with Crippen molar-refractivity contribution in [2.75, 3.05) is 18.0 Å². The summed E-state index contributed by atoms with van der Waals surface area (Å²) in [5, 5.41) is 0. The number of aliphatic imine (C=N–C) groups is 1. The van der Waals surface area contributed by atoms with Gasteiger partial charge < -0.3 is 15.4 Å². The molecule has 6 heteroatoms. The predicted octanol–water partition coefficient (Wildman–Crippen LogP) is 2.83. The van der Waals surface area contributed by atoms with E-state index in [4.69, 9.17) is 15.5 Å². The van der Waals surface area contributed by atoms with E-state index in [0.29, 0.717) is 12.4 Å². The standard InChI is InChI=1S/C20H25N5O/c1-14(15-6-4-3-5-7-15)26-19-18-16(12-23-19)24-17(13-22-18)25-10-8-20(2,21)9-11-25/h3-7,13-14H,8-12,21H2,1-2H3. The Bertz CT molecular complexity index is 808. The molecule has 1 atom stereocenters. The second-order valence-corrected chi connectivity index (χ2v) is 7.46. The third-order valence-corrected chi connectivity index (χ3v) is 5.19. The Labute approximate surface area is 154 Å². The summed E-state index contributed by atoms with van der Waals surface area (Å²) < 4.78 is 6.05. The topological polar surface area (TPSA) is 76.6 Å². The average Bonchev–Trinajstić information content (AvgIpc) is 3.04. The molecule has 0 aliphatic carbocycles. The van der Waals surface area contributed by atoms with Gasteiger partial charge >= 0.3 is 0 Å². The van der Waals surface area contributed by atoms with E-state index in [1.807, 2.05) is 31.3 Å². The monoisotopic (exact) mass is 351 g/mol. The fourth-order valence-electron chi connectivity index (χ4n) is 3.38. The highest BCUT2D eigenvalue weighted by Gasteiger charge is 2.28. The largest absolute Gasteiger partial charge is 0.468 e. The summed E-state index contributed by atoms with van der Waals surface area (Å²) >= 11 is 0. The van der Waals surface area contributed by atoms with Gasteiger partial charge in [0.05, 0.1) is 18.4 Å². The maximum atomic E-state index is 6.22. The van der Waals surface area contributed by atoms with Crippen molar-refractivity contribution in [3.63, 3.8) is 0 Å². The van der Waals surface area contributed by atoms with Crippen LogP contribution in [0.5, 0.6) is 0 Å². The lowest BCUT2D eigenvalue weighted by atomic mass is 9.91. The molecule has 1 saturated heterocycles. The molecule has 0 radical (unpaired) electrons. The van der Waals surface area contributed by atoms with Crippen LogP contribution in [0.25, 0.3) is 0 Å². The van der Waals surface area contributed by atoms with Crippen LogP contribution in [-0.2, 0) is 11.3 Å². The molecular weight excluding hydrogens is 326 g/mol. The van der Waals surface area contributed by atoms with Crippen LogP contribution in [0.2, 0.25) is 0 Å². The molecule has 6 nitrogen and oxygen atoms in total. The zero-order chi connectivity index (χ0) is 18.1. The van der Waals surface area contributed by atoms with Crippen molar-refractivity contribution in [2.24, 2.45) is 10.7 Å². The van der Waals surface area contributed by atoms with Crippen molar-refractivity contribution in [1.29, 1.82) is 0 Å². The molecule has 0 bridgehead atoms. The Kier molecular flexibility index (Phi) is 4.36. The first-order valence-electron chi connectivity index (χ1n) is 9.18. The van der Waals surface area contributed by atoms with E-state index in [9.17, 15) is 0 Å². The number of fused-ring (bicyclic) bond motifs is 1. The van der Waals surface area contributed by atoms with E-state index in [2.05, 4.69) is 33.9 Å². The number of nitrogens with zero attached hydrogens (tertiary/aromatic N) is 4. The van der Waals surface area contributed by atoms with Crippen LogP contribution in [0.1, 0.15) is 49.7 Å². The Balaban J connectivity index is 1.46. The van der Waals surface area contributed by atoms with E-state index >= 15 is 0 Å². The highest BCUT2D eigenvalue weighted by molar-refractivity contribution is 5.95. The predicted molar refractivity (Wildman–Crippen MR) is 102 cm³/mol. The number of ether oxygens (including phenoxy) is 1. The van der Waals surface area contributed by atoms with Crippen LogP contribution in [0, 0.1) is 0 Å². The lowest BCUT2D eigenvalue weighted by Gasteiger charge is -2.37. The van der Waals surface area contributed by atoms with Crippen molar-refractivity contribution in [1.82, 2.24) is 9.97 Å². The molecule has 0 amide bonds. The summed E-state index contributed by atoms with van der Waals surface area (Å²) in [7, 11) is 0. The second kappa shape index (κ2) is 6.68. The van der Waals surface area contributed by atoms with Gasteiger partial charge in [-0.3, -0.25) is 0 Å². The molecule has 4 rings (SSSR count). The molecule has 136 valence electrons. The molecular formula is C20H25N5O. The Morgan fingerprint density at radius 3 is 2.65 bits per heavy atom. The maximum absolute atomic E-state index is 6.22. The molecule has 1 aromatic heterocycles. The highest BCUT2D eigenvalue weighted by Crippen LogP contribution is 2.26. The molecule has 2 N–H and O–H groups in total. The Hall–Kier alpha value is -2.47. The van der Waals surface area contributed by atoms with Gasteiger partial charge in [0.2, 0.25) is 5.90 Å².